The molecule has 2 atom stereocenters. The Morgan fingerprint density at radius 2 is 2.20 bits per heavy atom. The van der Waals surface area contributed by atoms with E-state index in [4.69, 9.17) is 0 Å². The summed E-state index contributed by atoms with van der Waals surface area (Å²) in [4.78, 5) is 0. The lowest BCUT2D eigenvalue weighted by Crippen LogP contribution is -2.22. The molecule has 0 aliphatic carbocycles. The summed E-state index contributed by atoms with van der Waals surface area (Å²) in [6.07, 6.45) is 7.43. The van der Waals surface area contributed by atoms with Crippen LogP contribution < -0.4 is 5.32 Å². The molecule has 1 N–H and O–H groups in total. The van der Waals surface area contributed by atoms with Gasteiger partial charge in [0.25, 0.3) is 0 Å². The third kappa shape index (κ3) is 2.90. The second-order valence-electron chi connectivity index (χ2n) is 6.44. The molecular weight excluding hydrogens is 244 g/mol. The molecule has 0 saturated carbocycles. The lowest BCUT2D eigenvalue weighted by atomic mass is 9.86. The topological polar surface area (TPSA) is 17.0 Å². The number of benzene rings is 1. The lowest BCUT2D eigenvalue weighted by Gasteiger charge is -2.21. The van der Waals surface area contributed by atoms with Crippen LogP contribution in [0.3, 0.4) is 0 Å². The molecular formula is C18H26N2. The van der Waals surface area contributed by atoms with Crippen molar-refractivity contribution >= 4 is 10.9 Å². The minimum absolute atomic E-state index is 0.818. The van der Waals surface area contributed by atoms with Crippen LogP contribution in [-0.4, -0.2) is 17.7 Å². The van der Waals surface area contributed by atoms with Gasteiger partial charge in [0.15, 0.2) is 0 Å². The molecule has 1 unspecified atom stereocenters. The predicted octanol–water partition coefficient (Wildman–Crippen LogP) is 3.75. The number of rotatable bonds is 3. The highest BCUT2D eigenvalue weighted by Crippen LogP contribution is 2.26. The highest BCUT2D eigenvalue weighted by Gasteiger charge is 2.19. The number of aryl methyl sites for hydroxylation is 2. The Balaban J connectivity index is 1.66. The molecule has 1 aromatic heterocycles. The number of hydrogen-bond donors (Lipinski definition) is 1. The van der Waals surface area contributed by atoms with Gasteiger partial charge in [-0.25, -0.2) is 0 Å². The monoisotopic (exact) mass is 270 g/mol. The molecule has 2 nitrogen and oxygen atoms in total. The third-order valence-electron chi connectivity index (χ3n) is 4.95. The Labute approximate surface area is 122 Å². The van der Waals surface area contributed by atoms with Crippen LogP contribution in [0.15, 0.2) is 30.5 Å². The zero-order valence-electron chi connectivity index (χ0n) is 12.7. The summed E-state index contributed by atoms with van der Waals surface area (Å²) in [5.41, 5.74) is 2.83. The standard InChI is InChI=1S/C18H26N2/c1-14-13-19-10-3-4-16(14)7-5-15-6-8-18-17(12-15)9-11-20(18)2/h6,8-9,11-12,14,16,19H,3-5,7,10,13H2,1-2H3/t14-,16?/m0/s1. The van der Waals surface area contributed by atoms with E-state index in [2.05, 4.69) is 54.3 Å². The van der Waals surface area contributed by atoms with Crippen LogP contribution in [0.1, 0.15) is 31.7 Å². The van der Waals surface area contributed by atoms with E-state index in [1.54, 1.807) is 0 Å². The van der Waals surface area contributed by atoms with Gasteiger partial charge >= 0.3 is 0 Å². The molecule has 1 aliphatic heterocycles. The minimum Gasteiger partial charge on any atom is -0.351 e. The van der Waals surface area contributed by atoms with Crippen molar-refractivity contribution in [2.24, 2.45) is 18.9 Å². The molecule has 20 heavy (non-hydrogen) atoms. The van der Waals surface area contributed by atoms with Crippen molar-refractivity contribution in [2.45, 2.75) is 32.6 Å². The van der Waals surface area contributed by atoms with E-state index in [1.165, 1.54) is 55.2 Å². The predicted molar refractivity (Wildman–Crippen MR) is 86.0 cm³/mol. The minimum atomic E-state index is 0.818. The first-order valence-corrected chi connectivity index (χ1v) is 7.99. The Morgan fingerprint density at radius 3 is 3.10 bits per heavy atom. The highest BCUT2D eigenvalue weighted by molar-refractivity contribution is 5.80. The second-order valence-corrected chi connectivity index (χ2v) is 6.44. The molecule has 0 bridgehead atoms. The number of nitrogens with zero attached hydrogens (tertiary/aromatic N) is 1. The number of fused-ring (bicyclic) bond motifs is 1. The molecule has 2 aromatic rings. The first-order valence-electron chi connectivity index (χ1n) is 7.99. The quantitative estimate of drug-likeness (QED) is 0.899. The molecule has 0 spiro atoms. The van der Waals surface area contributed by atoms with Crippen molar-refractivity contribution in [1.82, 2.24) is 9.88 Å². The zero-order valence-corrected chi connectivity index (χ0v) is 12.7. The van der Waals surface area contributed by atoms with Gasteiger partial charge in [-0.2, -0.15) is 0 Å². The molecule has 2 heteroatoms. The largest absolute Gasteiger partial charge is 0.351 e. The average molecular weight is 270 g/mol. The Morgan fingerprint density at radius 1 is 1.30 bits per heavy atom. The molecule has 108 valence electrons. The van der Waals surface area contributed by atoms with Crippen molar-refractivity contribution in [1.29, 1.82) is 0 Å². The molecule has 1 aromatic carbocycles. The summed E-state index contributed by atoms with van der Waals surface area (Å²) in [5.74, 6) is 1.70. The fraction of sp³-hybridized carbons (Fsp3) is 0.556. The first kappa shape index (κ1) is 13.7. The maximum Gasteiger partial charge on any atom is 0.0477 e. The van der Waals surface area contributed by atoms with Crippen LogP contribution in [0.5, 0.6) is 0 Å². The van der Waals surface area contributed by atoms with Crippen LogP contribution in [0.25, 0.3) is 10.9 Å². The number of aromatic nitrogens is 1. The van der Waals surface area contributed by atoms with Gasteiger partial charge < -0.3 is 9.88 Å². The van der Waals surface area contributed by atoms with Crippen molar-refractivity contribution in [2.75, 3.05) is 13.1 Å². The molecule has 0 radical (unpaired) electrons. The summed E-state index contributed by atoms with van der Waals surface area (Å²) >= 11 is 0. The first-order chi connectivity index (χ1) is 9.74. The Hall–Kier alpha value is -1.28. The summed E-state index contributed by atoms with van der Waals surface area (Å²) in [5, 5.41) is 4.92. The normalized spacial score (nSPS) is 23.9. The highest BCUT2D eigenvalue weighted by atomic mass is 14.9. The van der Waals surface area contributed by atoms with Gasteiger partial charge in [0.05, 0.1) is 0 Å². The molecule has 3 rings (SSSR count). The van der Waals surface area contributed by atoms with Gasteiger partial charge in [0.2, 0.25) is 0 Å². The van der Waals surface area contributed by atoms with Gasteiger partial charge in [-0.15, -0.1) is 0 Å². The van der Waals surface area contributed by atoms with Crippen LogP contribution >= 0.6 is 0 Å². The summed E-state index contributed by atoms with van der Waals surface area (Å²) < 4.78 is 2.19. The van der Waals surface area contributed by atoms with Gasteiger partial charge in [0.1, 0.15) is 0 Å². The molecule has 1 fully saturated rings. The van der Waals surface area contributed by atoms with E-state index in [0.29, 0.717) is 0 Å². The van der Waals surface area contributed by atoms with Crippen molar-refractivity contribution in [3.63, 3.8) is 0 Å². The maximum absolute atomic E-state index is 3.55. The smallest absolute Gasteiger partial charge is 0.0477 e. The van der Waals surface area contributed by atoms with Crippen LogP contribution in [0.4, 0.5) is 0 Å². The summed E-state index contributed by atoms with van der Waals surface area (Å²) in [7, 11) is 2.11. The summed E-state index contributed by atoms with van der Waals surface area (Å²) in [6.45, 7) is 4.81. The Bertz CT molecular complexity index is 570. The third-order valence-corrected chi connectivity index (χ3v) is 4.95. The Kier molecular flexibility index (Phi) is 4.11. The number of nitrogens with one attached hydrogen (secondary N) is 1. The van der Waals surface area contributed by atoms with Crippen LogP contribution in [0.2, 0.25) is 0 Å². The van der Waals surface area contributed by atoms with Gasteiger partial charge in [-0.05, 0) is 79.8 Å². The fourth-order valence-corrected chi connectivity index (χ4v) is 3.54. The second kappa shape index (κ2) is 6.01. The average Bonchev–Trinajstić information content (AvgIpc) is 2.69. The lowest BCUT2D eigenvalue weighted by molar-refractivity contribution is 0.331. The molecule has 1 aliphatic rings. The van der Waals surface area contributed by atoms with Crippen molar-refractivity contribution in [3.05, 3.63) is 36.0 Å². The SMILES string of the molecule is C[C@H]1CNCCCC1CCc1ccc2c(ccn2C)c1. The van der Waals surface area contributed by atoms with Crippen molar-refractivity contribution < 1.29 is 0 Å². The van der Waals surface area contributed by atoms with E-state index in [9.17, 15) is 0 Å². The van der Waals surface area contributed by atoms with Gasteiger partial charge in [-0.3, -0.25) is 0 Å². The van der Waals surface area contributed by atoms with E-state index >= 15 is 0 Å². The van der Waals surface area contributed by atoms with Gasteiger partial charge in [0, 0.05) is 18.8 Å². The number of hydrogen-bond acceptors (Lipinski definition) is 1. The molecule has 0 amide bonds. The van der Waals surface area contributed by atoms with E-state index in [1.807, 2.05) is 0 Å². The molecule has 2 heterocycles. The van der Waals surface area contributed by atoms with Gasteiger partial charge in [-0.1, -0.05) is 13.0 Å². The maximum atomic E-state index is 3.55. The van der Waals surface area contributed by atoms with Crippen molar-refractivity contribution in [3.8, 4) is 0 Å². The van der Waals surface area contributed by atoms with E-state index in [-0.39, 0.29) is 0 Å². The van der Waals surface area contributed by atoms with Crippen LogP contribution in [-0.2, 0) is 13.5 Å². The summed E-state index contributed by atoms with van der Waals surface area (Å²) in [6, 6.07) is 9.16. The van der Waals surface area contributed by atoms with E-state index < -0.39 is 0 Å². The molecule has 1 saturated heterocycles. The van der Waals surface area contributed by atoms with Crippen LogP contribution in [0, 0.1) is 11.8 Å². The fourth-order valence-electron chi connectivity index (χ4n) is 3.54. The zero-order chi connectivity index (χ0) is 13.9. The van der Waals surface area contributed by atoms with E-state index in [0.717, 1.165) is 11.8 Å².